The largest absolute Gasteiger partial charge is 0.310 e. The number of nitrogens with one attached hydrogen (secondary N) is 1. The van der Waals surface area contributed by atoms with E-state index in [1.54, 1.807) is 11.3 Å². The Morgan fingerprint density at radius 1 is 1.33 bits per heavy atom. The first-order valence-corrected chi connectivity index (χ1v) is 8.06. The van der Waals surface area contributed by atoms with Crippen LogP contribution in [0.4, 0.5) is 0 Å². The van der Waals surface area contributed by atoms with Crippen molar-refractivity contribution >= 4 is 22.7 Å². The van der Waals surface area contributed by atoms with Crippen molar-refractivity contribution < 1.29 is 0 Å². The van der Waals surface area contributed by atoms with E-state index in [1.165, 1.54) is 15.6 Å². The predicted molar refractivity (Wildman–Crippen MR) is 80.5 cm³/mol. The molecule has 0 aliphatic heterocycles. The molecule has 2 aromatic heterocycles. The predicted octanol–water partition coefficient (Wildman–Crippen LogP) is 3.83. The molecule has 0 bridgehead atoms. The van der Waals surface area contributed by atoms with Crippen molar-refractivity contribution in [3.8, 4) is 0 Å². The molecule has 0 amide bonds. The molecule has 0 aliphatic rings. The third kappa shape index (κ3) is 3.40. The van der Waals surface area contributed by atoms with Gasteiger partial charge in [0.1, 0.15) is 0 Å². The molecule has 0 aromatic carbocycles. The SMILES string of the molecule is CCc1nc(CNCC(C)(C)c2cccs2)cs1. The van der Waals surface area contributed by atoms with Crippen LogP contribution in [-0.4, -0.2) is 11.5 Å². The molecule has 18 heavy (non-hydrogen) atoms. The first-order valence-electron chi connectivity index (χ1n) is 6.30. The van der Waals surface area contributed by atoms with Crippen molar-refractivity contribution in [1.82, 2.24) is 10.3 Å². The molecule has 0 radical (unpaired) electrons. The summed E-state index contributed by atoms with van der Waals surface area (Å²) in [5.41, 5.74) is 1.36. The van der Waals surface area contributed by atoms with Gasteiger partial charge in [0.15, 0.2) is 0 Å². The van der Waals surface area contributed by atoms with E-state index in [9.17, 15) is 0 Å². The van der Waals surface area contributed by atoms with Crippen LogP contribution < -0.4 is 5.32 Å². The van der Waals surface area contributed by atoms with Crippen molar-refractivity contribution in [3.63, 3.8) is 0 Å². The van der Waals surface area contributed by atoms with Gasteiger partial charge in [-0.05, 0) is 17.9 Å². The maximum absolute atomic E-state index is 4.57. The van der Waals surface area contributed by atoms with Crippen LogP contribution in [-0.2, 0) is 18.4 Å². The van der Waals surface area contributed by atoms with Gasteiger partial charge in [-0.25, -0.2) is 4.98 Å². The highest BCUT2D eigenvalue weighted by Crippen LogP contribution is 2.26. The molecule has 2 heterocycles. The van der Waals surface area contributed by atoms with Gasteiger partial charge in [0, 0.05) is 28.8 Å². The van der Waals surface area contributed by atoms with Crippen LogP contribution in [0, 0.1) is 0 Å². The smallest absolute Gasteiger partial charge is 0.0926 e. The second-order valence-electron chi connectivity index (χ2n) is 5.05. The van der Waals surface area contributed by atoms with Gasteiger partial charge in [0.25, 0.3) is 0 Å². The van der Waals surface area contributed by atoms with Crippen molar-refractivity contribution in [1.29, 1.82) is 0 Å². The lowest BCUT2D eigenvalue weighted by Crippen LogP contribution is -2.31. The molecule has 0 saturated heterocycles. The lowest BCUT2D eigenvalue weighted by atomic mass is 9.91. The Balaban J connectivity index is 1.85. The number of nitrogens with zero attached hydrogens (tertiary/aromatic N) is 1. The molecular formula is C14H20N2S2. The molecule has 4 heteroatoms. The Morgan fingerprint density at radius 2 is 2.17 bits per heavy atom. The maximum Gasteiger partial charge on any atom is 0.0926 e. The average molecular weight is 280 g/mol. The first kappa shape index (κ1) is 13.7. The summed E-state index contributed by atoms with van der Waals surface area (Å²) in [5, 5.41) is 9.05. The Kier molecular flexibility index (Phi) is 4.54. The molecule has 98 valence electrons. The van der Waals surface area contributed by atoms with Crippen LogP contribution >= 0.6 is 22.7 Å². The van der Waals surface area contributed by atoms with Crippen molar-refractivity contribution in [2.75, 3.05) is 6.54 Å². The normalized spacial score (nSPS) is 11.9. The zero-order valence-corrected chi connectivity index (χ0v) is 12.8. The molecule has 2 rings (SSSR count). The summed E-state index contributed by atoms with van der Waals surface area (Å²) in [6.07, 6.45) is 1.03. The minimum atomic E-state index is 0.192. The first-order chi connectivity index (χ1) is 8.62. The summed E-state index contributed by atoms with van der Waals surface area (Å²) >= 11 is 3.59. The number of thiazole rings is 1. The van der Waals surface area contributed by atoms with Gasteiger partial charge in [-0.15, -0.1) is 22.7 Å². The molecule has 0 spiro atoms. The highest BCUT2D eigenvalue weighted by atomic mass is 32.1. The van der Waals surface area contributed by atoms with Gasteiger partial charge < -0.3 is 5.32 Å². The van der Waals surface area contributed by atoms with Crippen LogP contribution in [0.1, 0.15) is 36.3 Å². The van der Waals surface area contributed by atoms with Crippen LogP contribution in [0.15, 0.2) is 22.9 Å². The fourth-order valence-corrected chi connectivity index (χ4v) is 3.44. The van der Waals surface area contributed by atoms with Gasteiger partial charge in [-0.3, -0.25) is 0 Å². The summed E-state index contributed by atoms with van der Waals surface area (Å²) in [6, 6.07) is 4.33. The highest BCUT2D eigenvalue weighted by Gasteiger charge is 2.21. The molecule has 0 atom stereocenters. The second-order valence-corrected chi connectivity index (χ2v) is 6.94. The summed E-state index contributed by atoms with van der Waals surface area (Å²) in [6.45, 7) is 8.56. The molecule has 0 fully saturated rings. The molecule has 0 unspecified atom stereocenters. The summed E-state index contributed by atoms with van der Waals surface area (Å²) in [4.78, 5) is 6.00. The van der Waals surface area contributed by atoms with E-state index in [2.05, 4.69) is 54.0 Å². The van der Waals surface area contributed by atoms with E-state index in [0.29, 0.717) is 0 Å². The van der Waals surface area contributed by atoms with Crippen molar-refractivity contribution in [3.05, 3.63) is 38.5 Å². The molecule has 1 N–H and O–H groups in total. The van der Waals surface area contributed by atoms with E-state index < -0.39 is 0 Å². The maximum atomic E-state index is 4.57. The number of hydrogen-bond donors (Lipinski definition) is 1. The zero-order chi connectivity index (χ0) is 13.0. The van der Waals surface area contributed by atoms with Gasteiger partial charge in [0.05, 0.1) is 10.7 Å². The fraction of sp³-hybridized carbons (Fsp3) is 0.500. The Morgan fingerprint density at radius 3 is 2.78 bits per heavy atom. The Bertz CT molecular complexity index is 472. The van der Waals surface area contributed by atoms with E-state index in [0.717, 1.165) is 19.5 Å². The molecule has 0 aliphatic carbocycles. The number of rotatable bonds is 6. The molecule has 0 saturated carbocycles. The van der Waals surface area contributed by atoms with E-state index in [1.807, 2.05) is 11.3 Å². The summed E-state index contributed by atoms with van der Waals surface area (Å²) in [5.74, 6) is 0. The van der Waals surface area contributed by atoms with Crippen molar-refractivity contribution in [2.45, 2.75) is 39.2 Å². The van der Waals surface area contributed by atoms with Crippen LogP contribution in [0.5, 0.6) is 0 Å². The lowest BCUT2D eigenvalue weighted by Gasteiger charge is -2.23. The quantitative estimate of drug-likeness (QED) is 0.869. The van der Waals surface area contributed by atoms with Crippen LogP contribution in [0.25, 0.3) is 0 Å². The number of hydrogen-bond acceptors (Lipinski definition) is 4. The third-order valence-corrected chi connectivity index (χ3v) is 5.24. The van der Waals surface area contributed by atoms with Crippen LogP contribution in [0.2, 0.25) is 0 Å². The number of aromatic nitrogens is 1. The van der Waals surface area contributed by atoms with Crippen LogP contribution in [0.3, 0.4) is 0 Å². The monoisotopic (exact) mass is 280 g/mol. The topological polar surface area (TPSA) is 24.9 Å². The minimum absolute atomic E-state index is 0.192. The van der Waals surface area contributed by atoms with Crippen molar-refractivity contribution in [2.24, 2.45) is 0 Å². The number of thiophene rings is 1. The standard InChI is InChI=1S/C14H20N2S2/c1-4-13-16-11(9-18-13)8-15-10-14(2,3)12-6-5-7-17-12/h5-7,9,15H,4,8,10H2,1-3H3. The fourth-order valence-electron chi connectivity index (χ4n) is 1.85. The van der Waals surface area contributed by atoms with E-state index in [4.69, 9.17) is 0 Å². The van der Waals surface area contributed by atoms with E-state index in [-0.39, 0.29) is 5.41 Å². The van der Waals surface area contributed by atoms with E-state index >= 15 is 0 Å². The molecule has 2 aromatic rings. The highest BCUT2D eigenvalue weighted by molar-refractivity contribution is 7.10. The summed E-state index contributed by atoms with van der Waals surface area (Å²) in [7, 11) is 0. The lowest BCUT2D eigenvalue weighted by molar-refractivity contribution is 0.475. The van der Waals surface area contributed by atoms with Gasteiger partial charge >= 0.3 is 0 Å². The number of aryl methyl sites for hydroxylation is 1. The molecule has 2 nitrogen and oxygen atoms in total. The zero-order valence-electron chi connectivity index (χ0n) is 11.2. The Hall–Kier alpha value is -0.710. The van der Waals surface area contributed by atoms with Gasteiger partial charge in [-0.1, -0.05) is 26.8 Å². The van der Waals surface area contributed by atoms with Gasteiger partial charge in [-0.2, -0.15) is 0 Å². The molecular weight excluding hydrogens is 260 g/mol. The average Bonchev–Trinajstić information content (AvgIpc) is 3.00. The second kappa shape index (κ2) is 5.95. The van der Waals surface area contributed by atoms with Gasteiger partial charge in [0.2, 0.25) is 0 Å². The summed E-state index contributed by atoms with van der Waals surface area (Å²) < 4.78 is 0. The Labute approximate surface area is 117 Å². The third-order valence-electron chi connectivity index (χ3n) is 2.96. The minimum Gasteiger partial charge on any atom is -0.310 e.